The number of hydrogen-bond acceptors (Lipinski definition) is 14. The van der Waals surface area contributed by atoms with Crippen LogP contribution in [-0.2, 0) is 59.1 Å². The van der Waals surface area contributed by atoms with Crippen molar-refractivity contribution < 1.29 is 47.7 Å². The number of thioether (sulfide) groups is 2. The van der Waals surface area contributed by atoms with Gasteiger partial charge in [-0.05, 0) is 85.3 Å². The van der Waals surface area contributed by atoms with Gasteiger partial charge >= 0.3 is 11.9 Å². The Morgan fingerprint density at radius 1 is 0.603 bits per heavy atom. The molecule has 0 saturated carbocycles. The van der Waals surface area contributed by atoms with Gasteiger partial charge in [-0.3, -0.25) is 33.9 Å². The molecule has 0 amide bonds. The number of esters is 2. The van der Waals surface area contributed by atoms with E-state index < -0.39 is 18.2 Å². The Kier molecular flexibility index (Phi) is 16.8. The normalized spacial score (nSPS) is 16.7. The fraction of sp³-hybridized carbons (Fsp3) is 0.306. The second kappa shape index (κ2) is 22.8. The molecule has 0 bridgehead atoms. The van der Waals surface area contributed by atoms with E-state index in [1.807, 2.05) is 92.7 Å². The maximum atomic E-state index is 12.7. The second-order valence-electron chi connectivity index (χ2n) is 14.8. The number of Topliss-reactive ketones (excluding diaryl/α,β-unsaturated/α-hetero) is 2. The van der Waals surface area contributed by atoms with Crippen LogP contribution >= 0.6 is 23.5 Å². The molecule has 0 N–H and O–H groups in total. The quantitative estimate of drug-likeness (QED) is 0.0647. The molecule has 2 fully saturated rings. The Labute approximate surface area is 374 Å². The topological polar surface area (TPSA) is 165 Å². The Balaban J connectivity index is 0.000000213. The summed E-state index contributed by atoms with van der Waals surface area (Å²) in [5, 5.41) is -0.716. The van der Waals surface area contributed by atoms with Crippen LogP contribution in [0.3, 0.4) is 0 Å². The van der Waals surface area contributed by atoms with E-state index in [0.29, 0.717) is 29.9 Å². The molecule has 0 radical (unpaired) electrons. The van der Waals surface area contributed by atoms with E-state index in [2.05, 4.69) is 9.97 Å². The Morgan fingerprint density at radius 3 is 1.41 bits per heavy atom. The molecule has 4 heterocycles. The number of ketones is 2. The zero-order valence-corrected chi connectivity index (χ0v) is 36.9. The third kappa shape index (κ3) is 13.9. The smallest absolute Gasteiger partial charge is 0.338 e. The third-order valence-electron chi connectivity index (χ3n) is 10.1. The van der Waals surface area contributed by atoms with Crippen molar-refractivity contribution in [2.24, 2.45) is 0 Å². The van der Waals surface area contributed by atoms with Gasteiger partial charge in [0.05, 0.1) is 28.9 Å². The summed E-state index contributed by atoms with van der Waals surface area (Å²) in [6.07, 6.45) is 4.98. The van der Waals surface area contributed by atoms with Crippen LogP contribution < -0.4 is 9.47 Å². The predicted octanol–water partition coefficient (Wildman–Crippen LogP) is 8.24. The Morgan fingerprint density at radius 2 is 1.05 bits per heavy atom. The summed E-state index contributed by atoms with van der Waals surface area (Å²) in [7, 11) is 0. The lowest BCUT2D eigenvalue weighted by Gasteiger charge is -2.19. The maximum Gasteiger partial charge on any atom is 0.338 e. The standard InChI is InChI=1S/C27H25NO5S.C22H23NO5S/c1-2-21-11-10-20(16-28-21)24(33-27(31)19-6-4-3-5-7-19)17-32-22-12-8-18(9-13-22)14-25-23(29)15-26(30)34-25;1-3-17-7-6-16(12-23-17)20(28-14(2)24)13-27-18-8-4-15(5-9-18)10-21-19(25)11-22(26)29-21/h3-13,16,24-25H,2,14-15,17H2,1H3;4-9,12,20-21H,3,10-11,13H2,1-2H3/t;20-,21?/m.1/s1. The number of aromatic nitrogens is 2. The summed E-state index contributed by atoms with van der Waals surface area (Å²) in [5.74, 6) is 0.405. The summed E-state index contributed by atoms with van der Waals surface area (Å²) >= 11 is 2.24. The number of ether oxygens (including phenoxy) is 4. The van der Waals surface area contributed by atoms with Crippen LogP contribution in [0.2, 0.25) is 0 Å². The molecule has 12 nitrogen and oxygen atoms in total. The zero-order valence-electron chi connectivity index (χ0n) is 35.2. The average Bonchev–Trinajstić information content (AvgIpc) is 3.80. The number of carbonyl (C=O) groups is 6. The lowest BCUT2D eigenvalue weighted by molar-refractivity contribution is -0.148. The van der Waals surface area contributed by atoms with E-state index in [0.717, 1.165) is 70.0 Å². The number of hydrogen-bond donors (Lipinski definition) is 0. The minimum absolute atomic E-state index is 0.00718. The highest BCUT2D eigenvalue weighted by Gasteiger charge is 2.33. The van der Waals surface area contributed by atoms with E-state index >= 15 is 0 Å². The lowest BCUT2D eigenvalue weighted by atomic mass is 10.1. The van der Waals surface area contributed by atoms with Crippen LogP contribution in [0.4, 0.5) is 0 Å². The number of rotatable bonds is 17. The fourth-order valence-electron chi connectivity index (χ4n) is 6.61. The number of carbonyl (C=O) groups excluding carboxylic acids is 6. The molecule has 14 heteroatoms. The van der Waals surface area contributed by atoms with Crippen LogP contribution in [0, 0.1) is 0 Å². The predicted molar refractivity (Wildman–Crippen MR) is 240 cm³/mol. The molecular weight excluding hydrogens is 841 g/mol. The van der Waals surface area contributed by atoms with Crippen LogP contribution in [0.15, 0.2) is 116 Å². The van der Waals surface area contributed by atoms with E-state index in [9.17, 15) is 28.8 Å². The van der Waals surface area contributed by atoms with Gasteiger partial charge in [-0.15, -0.1) is 0 Å². The molecule has 4 atom stereocenters. The van der Waals surface area contributed by atoms with Gasteiger partial charge in [0, 0.05) is 41.8 Å². The second-order valence-corrected chi connectivity index (χ2v) is 17.3. The van der Waals surface area contributed by atoms with Crippen molar-refractivity contribution in [1.29, 1.82) is 0 Å². The Hall–Kier alpha value is -6.12. The molecule has 5 aromatic rings. The van der Waals surface area contributed by atoms with Gasteiger partial charge in [-0.25, -0.2) is 4.79 Å². The maximum absolute atomic E-state index is 12.7. The highest BCUT2D eigenvalue weighted by Crippen LogP contribution is 2.30. The first kappa shape index (κ1) is 46.4. The summed E-state index contributed by atoms with van der Waals surface area (Å²) in [4.78, 5) is 79.4. The molecule has 3 unspecified atom stereocenters. The van der Waals surface area contributed by atoms with Gasteiger partial charge in [0.15, 0.2) is 34.0 Å². The molecule has 2 aliphatic heterocycles. The van der Waals surface area contributed by atoms with Gasteiger partial charge in [0.25, 0.3) is 0 Å². The van der Waals surface area contributed by atoms with Crippen LogP contribution in [-0.4, -0.2) is 67.4 Å². The summed E-state index contributed by atoms with van der Waals surface area (Å²) in [6, 6.07) is 31.2. The van der Waals surface area contributed by atoms with Crippen molar-refractivity contribution in [3.05, 3.63) is 155 Å². The molecule has 7 rings (SSSR count). The number of nitrogens with zero attached hydrogens (tertiary/aromatic N) is 2. The highest BCUT2D eigenvalue weighted by molar-refractivity contribution is 8.15. The fourth-order valence-corrected chi connectivity index (χ4v) is 8.68. The Bertz CT molecular complexity index is 2360. The minimum atomic E-state index is -0.635. The summed E-state index contributed by atoms with van der Waals surface area (Å²) in [6.45, 7) is 5.70. The van der Waals surface area contributed by atoms with Gasteiger partial charge in [0.1, 0.15) is 24.7 Å². The third-order valence-corrected chi connectivity index (χ3v) is 12.4. The summed E-state index contributed by atoms with van der Waals surface area (Å²) in [5.41, 5.74) is 5.83. The van der Waals surface area contributed by atoms with E-state index in [1.165, 1.54) is 6.92 Å². The molecular formula is C49H48N2O10S2. The summed E-state index contributed by atoms with van der Waals surface area (Å²) < 4.78 is 22.9. The highest BCUT2D eigenvalue weighted by atomic mass is 32.2. The number of pyridine rings is 2. The van der Waals surface area contributed by atoms with Crippen molar-refractivity contribution in [1.82, 2.24) is 9.97 Å². The van der Waals surface area contributed by atoms with Crippen LogP contribution in [0.25, 0.3) is 0 Å². The number of benzene rings is 3. The van der Waals surface area contributed by atoms with E-state index in [1.54, 1.807) is 36.7 Å². The van der Waals surface area contributed by atoms with Crippen LogP contribution in [0.5, 0.6) is 11.5 Å². The van der Waals surface area contributed by atoms with Crippen molar-refractivity contribution >= 4 is 57.3 Å². The largest absolute Gasteiger partial charge is 0.489 e. The van der Waals surface area contributed by atoms with Crippen LogP contribution in [0.1, 0.15) is 89.8 Å². The molecule has 2 saturated heterocycles. The van der Waals surface area contributed by atoms with Crippen molar-refractivity contribution in [2.75, 3.05) is 13.2 Å². The zero-order chi connectivity index (χ0) is 44.7. The molecule has 0 aliphatic carbocycles. The first-order chi connectivity index (χ1) is 30.5. The van der Waals surface area contributed by atoms with Crippen molar-refractivity contribution in [3.8, 4) is 11.5 Å². The van der Waals surface area contributed by atoms with Gasteiger partial charge in [0.2, 0.25) is 0 Å². The number of aryl methyl sites for hydroxylation is 2. The van der Waals surface area contributed by atoms with E-state index in [4.69, 9.17) is 18.9 Å². The van der Waals surface area contributed by atoms with Gasteiger partial charge in [-0.2, -0.15) is 0 Å². The average molecular weight is 889 g/mol. The minimum Gasteiger partial charge on any atom is -0.489 e. The van der Waals surface area contributed by atoms with E-state index in [-0.39, 0.29) is 64.3 Å². The molecule has 2 aliphatic rings. The first-order valence-corrected chi connectivity index (χ1v) is 22.4. The molecule has 2 aromatic heterocycles. The molecule has 63 heavy (non-hydrogen) atoms. The van der Waals surface area contributed by atoms with Crippen molar-refractivity contribution in [2.45, 2.75) is 82.0 Å². The van der Waals surface area contributed by atoms with Crippen molar-refractivity contribution in [3.63, 3.8) is 0 Å². The molecule has 0 spiro atoms. The molecule has 326 valence electrons. The monoisotopic (exact) mass is 888 g/mol. The first-order valence-electron chi connectivity index (χ1n) is 20.7. The van der Waals surface area contributed by atoms with Gasteiger partial charge in [-0.1, -0.05) is 92.0 Å². The molecule has 3 aromatic carbocycles. The lowest BCUT2D eigenvalue weighted by Crippen LogP contribution is -2.18. The van der Waals surface area contributed by atoms with Gasteiger partial charge < -0.3 is 18.9 Å². The SMILES string of the molecule is CCc1ccc(C(COc2ccc(CC3SC(=O)CC3=O)cc2)OC(=O)c2ccccc2)cn1.CCc1ccc([C@@H](COc2ccc(CC3SC(=O)CC3=O)cc2)OC(C)=O)cn1.